The molecule has 8 heteroatoms. The van der Waals surface area contributed by atoms with Crippen LogP contribution in [-0.2, 0) is 16.0 Å². The van der Waals surface area contributed by atoms with Gasteiger partial charge in [0.05, 0.1) is 0 Å². The quantitative estimate of drug-likeness (QED) is 0.274. The highest BCUT2D eigenvalue weighted by Gasteiger charge is 2.25. The molecule has 0 spiro atoms. The van der Waals surface area contributed by atoms with E-state index >= 15 is 0 Å². The van der Waals surface area contributed by atoms with Crippen molar-refractivity contribution in [1.29, 1.82) is 0 Å². The number of imide groups is 1. The van der Waals surface area contributed by atoms with Gasteiger partial charge in [0.15, 0.2) is 5.96 Å². The fourth-order valence-electron chi connectivity index (χ4n) is 2.62. The Morgan fingerprint density at radius 3 is 2.42 bits per heavy atom. The Hall–Kier alpha value is -1.71. The van der Waals surface area contributed by atoms with Gasteiger partial charge in [0.25, 0.3) is 0 Å². The molecular weight excluding hydrogens is 450 g/mol. The lowest BCUT2D eigenvalue weighted by molar-refractivity contribution is -0.147. The molecular formula is C18H26FIN4O2. The molecule has 2 rings (SSSR count). The van der Waals surface area contributed by atoms with Gasteiger partial charge in [0, 0.05) is 39.0 Å². The number of amides is 2. The number of rotatable bonds is 7. The summed E-state index contributed by atoms with van der Waals surface area (Å²) in [4.78, 5) is 29.3. The molecule has 0 aliphatic carbocycles. The van der Waals surface area contributed by atoms with E-state index in [1.807, 2.05) is 6.92 Å². The number of nitrogens with one attached hydrogen (secondary N) is 2. The van der Waals surface area contributed by atoms with E-state index < -0.39 is 0 Å². The van der Waals surface area contributed by atoms with Gasteiger partial charge in [-0.1, -0.05) is 12.1 Å². The second kappa shape index (κ2) is 11.8. The summed E-state index contributed by atoms with van der Waals surface area (Å²) in [7, 11) is 0. The Bertz CT molecular complexity index is 606. The van der Waals surface area contributed by atoms with Crippen molar-refractivity contribution in [3.8, 4) is 0 Å². The number of aliphatic imine (C=N–C) groups is 1. The molecule has 2 amide bonds. The summed E-state index contributed by atoms with van der Waals surface area (Å²) in [5.41, 5.74) is 1.02. The van der Waals surface area contributed by atoms with Crippen LogP contribution < -0.4 is 10.6 Å². The van der Waals surface area contributed by atoms with E-state index in [1.54, 1.807) is 12.1 Å². The number of halogens is 2. The maximum absolute atomic E-state index is 12.9. The second-order valence-electron chi connectivity index (χ2n) is 5.86. The highest BCUT2D eigenvalue weighted by molar-refractivity contribution is 14.0. The van der Waals surface area contributed by atoms with Crippen LogP contribution in [0, 0.1) is 5.82 Å². The van der Waals surface area contributed by atoms with Gasteiger partial charge in [-0.2, -0.15) is 0 Å². The third kappa shape index (κ3) is 7.27. The van der Waals surface area contributed by atoms with Crippen molar-refractivity contribution in [3.63, 3.8) is 0 Å². The van der Waals surface area contributed by atoms with Gasteiger partial charge in [0.2, 0.25) is 11.8 Å². The van der Waals surface area contributed by atoms with Crippen LogP contribution in [-0.4, -0.2) is 48.9 Å². The Kier molecular flexibility index (Phi) is 10.2. The highest BCUT2D eigenvalue weighted by atomic mass is 127. The molecule has 0 atom stereocenters. The molecule has 1 aromatic rings. The lowest BCUT2D eigenvalue weighted by Crippen LogP contribution is -2.46. The molecule has 1 fully saturated rings. The van der Waals surface area contributed by atoms with Crippen molar-refractivity contribution in [2.75, 3.05) is 26.2 Å². The number of likely N-dealkylation sites (tertiary alicyclic amines) is 1. The maximum atomic E-state index is 12.9. The number of piperidine rings is 1. The molecule has 26 heavy (non-hydrogen) atoms. The number of benzene rings is 1. The molecule has 1 heterocycles. The number of guanidine groups is 1. The first-order valence-corrected chi connectivity index (χ1v) is 8.70. The molecule has 1 aromatic carbocycles. The van der Waals surface area contributed by atoms with E-state index in [4.69, 9.17) is 0 Å². The molecule has 0 aromatic heterocycles. The molecule has 1 aliphatic heterocycles. The Morgan fingerprint density at radius 1 is 1.15 bits per heavy atom. The van der Waals surface area contributed by atoms with Crippen molar-refractivity contribution in [2.45, 2.75) is 32.6 Å². The van der Waals surface area contributed by atoms with Gasteiger partial charge in [-0.3, -0.25) is 19.5 Å². The van der Waals surface area contributed by atoms with Gasteiger partial charge < -0.3 is 10.6 Å². The fraction of sp³-hybridized carbons (Fsp3) is 0.500. The standard InChI is InChI=1S/C18H25FN4O2.HI/c1-2-20-18(21-11-10-14-6-8-15(19)9-7-14)22-12-13-23-16(24)4-3-5-17(23)25;/h6-9H,2-5,10-13H2,1H3,(H2,20,21,22);1H. The summed E-state index contributed by atoms with van der Waals surface area (Å²) >= 11 is 0. The number of carbonyl (C=O) groups is 2. The first-order valence-electron chi connectivity index (χ1n) is 8.70. The van der Waals surface area contributed by atoms with Crippen LogP contribution in [0.1, 0.15) is 31.7 Å². The van der Waals surface area contributed by atoms with Gasteiger partial charge in [-0.15, -0.1) is 24.0 Å². The largest absolute Gasteiger partial charge is 0.357 e. The predicted octanol–water partition coefficient (Wildman–Crippen LogP) is 2.08. The molecule has 0 unspecified atom stereocenters. The molecule has 0 bridgehead atoms. The predicted molar refractivity (Wildman–Crippen MR) is 110 cm³/mol. The summed E-state index contributed by atoms with van der Waals surface area (Å²) in [5.74, 6) is 0.193. The van der Waals surface area contributed by atoms with Crippen molar-refractivity contribution < 1.29 is 14.0 Å². The van der Waals surface area contributed by atoms with Crippen molar-refractivity contribution in [2.24, 2.45) is 4.99 Å². The van der Waals surface area contributed by atoms with E-state index in [1.165, 1.54) is 17.0 Å². The van der Waals surface area contributed by atoms with Gasteiger partial charge in [-0.25, -0.2) is 4.39 Å². The SMILES string of the molecule is CCNC(=NCCc1ccc(F)cc1)NCCN1C(=O)CCCC1=O.I. The minimum Gasteiger partial charge on any atom is -0.357 e. The van der Waals surface area contributed by atoms with Crippen LogP contribution in [0.15, 0.2) is 29.3 Å². The summed E-state index contributed by atoms with van der Waals surface area (Å²) < 4.78 is 12.9. The Morgan fingerprint density at radius 2 is 1.81 bits per heavy atom. The minimum atomic E-state index is -0.246. The third-order valence-electron chi connectivity index (χ3n) is 3.94. The van der Waals surface area contributed by atoms with E-state index in [0.29, 0.717) is 57.8 Å². The first-order chi connectivity index (χ1) is 12.1. The lowest BCUT2D eigenvalue weighted by atomic mass is 10.1. The smallest absolute Gasteiger partial charge is 0.229 e. The van der Waals surface area contributed by atoms with Crippen LogP contribution in [0.5, 0.6) is 0 Å². The molecule has 1 saturated heterocycles. The summed E-state index contributed by atoms with van der Waals surface area (Å²) in [6.45, 7) is 4.04. The molecule has 2 N–H and O–H groups in total. The number of hydrogen-bond acceptors (Lipinski definition) is 3. The van der Waals surface area contributed by atoms with Crippen molar-refractivity contribution in [3.05, 3.63) is 35.6 Å². The zero-order valence-electron chi connectivity index (χ0n) is 15.0. The van der Waals surface area contributed by atoms with Crippen LogP contribution in [0.4, 0.5) is 4.39 Å². The summed E-state index contributed by atoms with van der Waals surface area (Å²) in [6.07, 6.45) is 2.24. The van der Waals surface area contributed by atoms with Crippen LogP contribution in [0.3, 0.4) is 0 Å². The third-order valence-corrected chi connectivity index (χ3v) is 3.94. The van der Waals surface area contributed by atoms with Crippen molar-refractivity contribution >= 4 is 41.8 Å². The lowest BCUT2D eigenvalue weighted by Gasteiger charge is -2.25. The normalized spacial score (nSPS) is 14.8. The van der Waals surface area contributed by atoms with Crippen LogP contribution in [0.25, 0.3) is 0 Å². The van der Waals surface area contributed by atoms with Crippen molar-refractivity contribution in [1.82, 2.24) is 15.5 Å². The van der Waals surface area contributed by atoms with Crippen LogP contribution >= 0.6 is 24.0 Å². The zero-order valence-corrected chi connectivity index (χ0v) is 17.3. The van der Waals surface area contributed by atoms with Gasteiger partial charge in [-0.05, 0) is 37.5 Å². The monoisotopic (exact) mass is 476 g/mol. The summed E-state index contributed by atoms with van der Waals surface area (Å²) in [5, 5.41) is 6.27. The second-order valence-corrected chi connectivity index (χ2v) is 5.86. The minimum absolute atomic E-state index is 0. The molecule has 6 nitrogen and oxygen atoms in total. The number of carbonyl (C=O) groups excluding carboxylic acids is 2. The molecule has 0 radical (unpaired) electrons. The topological polar surface area (TPSA) is 73.8 Å². The summed E-state index contributed by atoms with van der Waals surface area (Å²) in [6, 6.07) is 6.38. The van der Waals surface area contributed by atoms with E-state index in [0.717, 1.165) is 5.56 Å². The highest BCUT2D eigenvalue weighted by Crippen LogP contribution is 2.11. The molecule has 1 aliphatic rings. The Balaban J connectivity index is 0.00000338. The van der Waals surface area contributed by atoms with Gasteiger partial charge >= 0.3 is 0 Å². The first kappa shape index (κ1) is 22.3. The fourth-order valence-corrected chi connectivity index (χ4v) is 2.62. The number of hydrogen-bond donors (Lipinski definition) is 2. The molecule has 144 valence electrons. The molecule has 0 saturated carbocycles. The average molecular weight is 476 g/mol. The van der Waals surface area contributed by atoms with Gasteiger partial charge in [0.1, 0.15) is 5.82 Å². The average Bonchev–Trinajstić information content (AvgIpc) is 2.59. The van der Waals surface area contributed by atoms with E-state index in [2.05, 4.69) is 15.6 Å². The Labute approximate surface area is 170 Å². The van der Waals surface area contributed by atoms with E-state index in [9.17, 15) is 14.0 Å². The van der Waals surface area contributed by atoms with Crippen LogP contribution in [0.2, 0.25) is 0 Å². The zero-order chi connectivity index (χ0) is 18.1. The van der Waals surface area contributed by atoms with E-state index in [-0.39, 0.29) is 41.6 Å². The number of nitrogens with zero attached hydrogens (tertiary/aromatic N) is 2. The maximum Gasteiger partial charge on any atom is 0.229 e.